The van der Waals surface area contributed by atoms with Gasteiger partial charge in [-0.1, -0.05) is 24.3 Å². The van der Waals surface area contributed by atoms with Gasteiger partial charge in [0.05, 0.1) is 6.61 Å². The Morgan fingerprint density at radius 2 is 1.57 bits per heavy atom. The zero-order valence-corrected chi connectivity index (χ0v) is 8.67. The smallest absolute Gasteiger partial charge is 0.0685 e. The van der Waals surface area contributed by atoms with Crippen LogP contribution in [0.1, 0.15) is 11.1 Å². The van der Waals surface area contributed by atoms with E-state index in [1.54, 1.807) is 0 Å². The monoisotopic (exact) mass is 204 g/mol. The Morgan fingerprint density at radius 3 is 2.07 bits per heavy atom. The molecule has 2 aromatic rings. The van der Waals surface area contributed by atoms with Crippen molar-refractivity contribution in [3.63, 3.8) is 0 Å². The van der Waals surface area contributed by atoms with Gasteiger partial charge in [0.2, 0.25) is 0 Å². The van der Waals surface area contributed by atoms with E-state index >= 15 is 0 Å². The van der Waals surface area contributed by atoms with Crippen LogP contribution in [0.15, 0.2) is 36.4 Å². The summed E-state index contributed by atoms with van der Waals surface area (Å²) in [6.07, 6.45) is 0. The average Bonchev–Trinajstić information content (AvgIpc) is 2.27. The maximum atomic E-state index is 9.18. The van der Waals surface area contributed by atoms with Crippen molar-refractivity contribution in [1.29, 1.82) is 0 Å². The van der Waals surface area contributed by atoms with Crippen LogP contribution in [0, 0.1) is 0 Å². The summed E-state index contributed by atoms with van der Waals surface area (Å²) in [5.74, 6) is 0.667. The van der Waals surface area contributed by atoms with Crippen molar-refractivity contribution in [3.05, 3.63) is 47.5 Å². The Balaban J connectivity index is 2.69. The summed E-state index contributed by atoms with van der Waals surface area (Å²) in [4.78, 5) is 0. The second-order valence-corrected chi connectivity index (χ2v) is 3.60. The van der Waals surface area contributed by atoms with Crippen LogP contribution in [0.3, 0.4) is 0 Å². The van der Waals surface area contributed by atoms with Gasteiger partial charge in [0.25, 0.3) is 0 Å². The second-order valence-electron chi connectivity index (χ2n) is 3.28. The molecule has 0 saturated heterocycles. The molecular formula is C12H12OS. The molecule has 0 heterocycles. The fourth-order valence-corrected chi connectivity index (χ4v) is 1.92. The van der Waals surface area contributed by atoms with Gasteiger partial charge in [-0.2, -0.15) is 12.6 Å². The Morgan fingerprint density at radius 1 is 1.00 bits per heavy atom. The van der Waals surface area contributed by atoms with E-state index in [-0.39, 0.29) is 6.61 Å². The van der Waals surface area contributed by atoms with Gasteiger partial charge in [-0.15, -0.1) is 0 Å². The van der Waals surface area contributed by atoms with E-state index in [0.717, 1.165) is 11.1 Å². The summed E-state index contributed by atoms with van der Waals surface area (Å²) in [7, 11) is 0. The molecule has 1 N–H and O–H groups in total. The highest BCUT2D eigenvalue weighted by Crippen LogP contribution is 2.21. The Labute approximate surface area is 88.8 Å². The molecule has 2 heteroatoms. The Kier molecular flexibility index (Phi) is 2.75. The molecule has 72 valence electrons. The van der Waals surface area contributed by atoms with Crippen molar-refractivity contribution in [2.45, 2.75) is 12.4 Å². The maximum absolute atomic E-state index is 9.18. The molecule has 0 amide bonds. The van der Waals surface area contributed by atoms with Crippen molar-refractivity contribution in [3.8, 4) is 0 Å². The molecule has 0 aliphatic heterocycles. The first-order valence-corrected chi connectivity index (χ1v) is 5.20. The topological polar surface area (TPSA) is 20.2 Å². The minimum absolute atomic E-state index is 0.0841. The van der Waals surface area contributed by atoms with Crippen molar-refractivity contribution in [2.24, 2.45) is 0 Å². The van der Waals surface area contributed by atoms with Crippen molar-refractivity contribution >= 4 is 23.4 Å². The number of rotatable bonds is 2. The van der Waals surface area contributed by atoms with Gasteiger partial charge in [0, 0.05) is 5.75 Å². The van der Waals surface area contributed by atoms with Gasteiger partial charge in [-0.05, 0) is 34.0 Å². The second kappa shape index (κ2) is 4.03. The lowest BCUT2D eigenvalue weighted by Gasteiger charge is -2.06. The van der Waals surface area contributed by atoms with Crippen molar-refractivity contribution < 1.29 is 5.11 Å². The number of hydrogen-bond donors (Lipinski definition) is 2. The average molecular weight is 204 g/mol. The lowest BCUT2D eigenvalue weighted by atomic mass is 10.0. The molecule has 0 aliphatic carbocycles. The summed E-state index contributed by atoms with van der Waals surface area (Å²) in [5.41, 5.74) is 2.08. The van der Waals surface area contributed by atoms with Crippen LogP contribution < -0.4 is 0 Å². The first kappa shape index (κ1) is 9.56. The summed E-state index contributed by atoms with van der Waals surface area (Å²) < 4.78 is 0. The van der Waals surface area contributed by atoms with E-state index < -0.39 is 0 Å². The Hall–Kier alpha value is -0.990. The number of hydrogen-bond acceptors (Lipinski definition) is 2. The predicted octanol–water partition coefficient (Wildman–Crippen LogP) is 2.76. The molecule has 2 aromatic carbocycles. The number of benzene rings is 2. The van der Waals surface area contributed by atoms with Crippen LogP contribution in [0.25, 0.3) is 10.8 Å². The van der Waals surface area contributed by atoms with Crippen LogP contribution >= 0.6 is 12.6 Å². The lowest BCUT2D eigenvalue weighted by Crippen LogP contribution is -1.91. The van der Waals surface area contributed by atoms with E-state index in [1.165, 1.54) is 10.8 Å². The largest absolute Gasteiger partial charge is 0.392 e. The van der Waals surface area contributed by atoms with Crippen LogP contribution in [0.2, 0.25) is 0 Å². The van der Waals surface area contributed by atoms with E-state index in [2.05, 4.69) is 30.8 Å². The predicted molar refractivity (Wildman–Crippen MR) is 62.6 cm³/mol. The van der Waals surface area contributed by atoms with Gasteiger partial charge in [0.1, 0.15) is 0 Å². The first-order chi connectivity index (χ1) is 6.85. The van der Waals surface area contributed by atoms with E-state index in [1.807, 2.05) is 18.2 Å². The van der Waals surface area contributed by atoms with E-state index in [9.17, 15) is 5.11 Å². The maximum Gasteiger partial charge on any atom is 0.0685 e. The van der Waals surface area contributed by atoms with E-state index in [4.69, 9.17) is 0 Å². The normalized spacial score (nSPS) is 10.7. The molecule has 0 unspecified atom stereocenters. The zero-order chi connectivity index (χ0) is 9.97. The molecule has 0 saturated carbocycles. The molecule has 0 radical (unpaired) electrons. The summed E-state index contributed by atoms with van der Waals surface area (Å²) in [6, 6.07) is 12.3. The van der Waals surface area contributed by atoms with E-state index in [0.29, 0.717) is 5.75 Å². The molecule has 0 fully saturated rings. The number of fused-ring (bicyclic) bond motifs is 1. The molecule has 0 aliphatic rings. The van der Waals surface area contributed by atoms with Crippen LogP contribution in [0.5, 0.6) is 0 Å². The quantitative estimate of drug-likeness (QED) is 0.721. The van der Waals surface area contributed by atoms with Gasteiger partial charge in [-0.3, -0.25) is 0 Å². The van der Waals surface area contributed by atoms with Crippen LogP contribution in [-0.2, 0) is 12.4 Å². The third-order valence-electron chi connectivity index (χ3n) is 2.41. The molecular weight excluding hydrogens is 192 g/mol. The summed E-state index contributed by atoms with van der Waals surface area (Å²) in [5, 5.41) is 11.5. The zero-order valence-electron chi connectivity index (χ0n) is 7.77. The Bertz CT molecular complexity index is 409. The van der Waals surface area contributed by atoms with Gasteiger partial charge >= 0.3 is 0 Å². The van der Waals surface area contributed by atoms with Gasteiger partial charge in [0.15, 0.2) is 0 Å². The highest BCUT2D eigenvalue weighted by Gasteiger charge is 2.01. The molecule has 0 bridgehead atoms. The highest BCUT2D eigenvalue weighted by molar-refractivity contribution is 7.79. The number of aliphatic hydroxyl groups excluding tert-OH is 1. The van der Waals surface area contributed by atoms with Crippen LogP contribution in [0.4, 0.5) is 0 Å². The molecule has 0 aromatic heterocycles. The minimum Gasteiger partial charge on any atom is -0.392 e. The molecule has 2 rings (SSSR count). The standard InChI is InChI=1S/C12H12OS/c13-7-11-5-9-3-1-2-4-10(9)6-12(11)8-14/h1-6,13-14H,7-8H2. The number of thiol groups is 1. The lowest BCUT2D eigenvalue weighted by molar-refractivity contribution is 0.281. The minimum atomic E-state index is 0.0841. The first-order valence-electron chi connectivity index (χ1n) is 4.57. The third kappa shape index (κ3) is 1.63. The van der Waals surface area contributed by atoms with Crippen LogP contribution in [-0.4, -0.2) is 5.11 Å². The van der Waals surface area contributed by atoms with Gasteiger partial charge in [-0.25, -0.2) is 0 Å². The van der Waals surface area contributed by atoms with Gasteiger partial charge < -0.3 is 5.11 Å². The molecule has 1 nitrogen and oxygen atoms in total. The fourth-order valence-electron chi connectivity index (χ4n) is 1.63. The third-order valence-corrected chi connectivity index (χ3v) is 2.75. The number of aliphatic hydroxyl groups is 1. The highest BCUT2D eigenvalue weighted by atomic mass is 32.1. The summed E-state index contributed by atoms with van der Waals surface area (Å²) in [6.45, 7) is 0.0841. The molecule has 0 atom stereocenters. The molecule has 0 spiro atoms. The fraction of sp³-hybridized carbons (Fsp3) is 0.167. The van der Waals surface area contributed by atoms with Crippen molar-refractivity contribution in [1.82, 2.24) is 0 Å². The van der Waals surface area contributed by atoms with Crippen molar-refractivity contribution in [2.75, 3.05) is 0 Å². The SMILES string of the molecule is OCc1cc2ccccc2cc1CS. The summed E-state index contributed by atoms with van der Waals surface area (Å²) >= 11 is 4.25. The molecule has 14 heavy (non-hydrogen) atoms.